The molecular weight excluding hydrogens is 607 g/mol. The van der Waals surface area contributed by atoms with Crippen LogP contribution in [0.1, 0.15) is 45.0 Å². The number of hydrogen-bond donors (Lipinski definition) is 2. The highest BCUT2D eigenvalue weighted by Gasteiger charge is 2.23. The molecule has 9 nitrogen and oxygen atoms in total. The Morgan fingerprint density at radius 3 is 2.33 bits per heavy atom. The van der Waals surface area contributed by atoms with E-state index in [9.17, 15) is 14.3 Å². The lowest BCUT2D eigenvalue weighted by molar-refractivity contribution is 0.101. The number of thiocarbonyl (C=S) groups is 1. The molecule has 2 aliphatic rings. The standard InChI is InChI=1S/C34H43N4O5PS/c1-8-37(9-2)25-13-16-28-31(21-25)43-32-22-26(38(10-3)11-4)14-17-29(32)33(28)27-15-12-24(20-30(27)23(5)39)35-34(45)36(6)18-19-42-44(7,40)41/h12-17,20-22H,8-11,18-19H2,1-7H3,(H,40,41)/p+1. The Morgan fingerprint density at radius 2 is 1.71 bits per heavy atom. The Labute approximate surface area is 271 Å². The van der Waals surface area contributed by atoms with Gasteiger partial charge in [0.15, 0.2) is 10.9 Å². The van der Waals surface area contributed by atoms with Crippen molar-refractivity contribution in [1.82, 2.24) is 9.48 Å². The predicted molar refractivity (Wildman–Crippen MR) is 189 cm³/mol. The molecule has 1 heterocycles. The summed E-state index contributed by atoms with van der Waals surface area (Å²) in [6, 6.07) is 18.2. The van der Waals surface area contributed by atoms with E-state index in [1.807, 2.05) is 18.2 Å². The number of benzene rings is 3. The molecule has 1 aliphatic heterocycles. The van der Waals surface area contributed by atoms with E-state index in [0.29, 0.717) is 22.9 Å². The van der Waals surface area contributed by atoms with Gasteiger partial charge in [-0.15, -0.1) is 0 Å². The molecule has 2 aromatic rings. The number of Topliss-reactive ketones (excluding diaryl/α,β-unsaturated/α-hetero) is 1. The summed E-state index contributed by atoms with van der Waals surface area (Å²) in [5, 5.41) is 5.59. The minimum absolute atomic E-state index is 0.0470. The average Bonchev–Trinajstić information content (AvgIpc) is 3.00. The zero-order valence-electron chi connectivity index (χ0n) is 27.2. The fraction of sp³-hybridized carbons (Fsp3) is 0.382. The first kappa shape index (κ1) is 34.3. The Morgan fingerprint density at radius 1 is 1.02 bits per heavy atom. The van der Waals surface area contributed by atoms with Gasteiger partial charge in [-0.3, -0.25) is 9.36 Å². The van der Waals surface area contributed by atoms with Gasteiger partial charge in [-0.2, -0.15) is 0 Å². The van der Waals surface area contributed by atoms with E-state index < -0.39 is 7.60 Å². The molecule has 0 saturated carbocycles. The third kappa shape index (κ3) is 8.00. The summed E-state index contributed by atoms with van der Waals surface area (Å²) in [4.78, 5) is 26.6. The molecule has 45 heavy (non-hydrogen) atoms. The fourth-order valence-corrected chi connectivity index (χ4v) is 6.16. The van der Waals surface area contributed by atoms with Crippen LogP contribution in [-0.2, 0) is 9.09 Å². The van der Waals surface area contributed by atoms with E-state index in [1.54, 1.807) is 18.9 Å². The second kappa shape index (κ2) is 14.7. The summed E-state index contributed by atoms with van der Waals surface area (Å²) < 4.78 is 25.3. The highest BCUT2D eigenvalue weighted by Crippen LogP contribution is 2.42. The molecule has 1 unspecified atom stereocenters. The monoisotopic (exact) mass is 651 g/mol. The Kier molecular flexibility index (Phi) is 11.2. The Hall–Kier alpha value is -3.56. The van der Waals surface area contributed by atoms with E-state index in [2.05, 4.69) is 78.9 Å². The minimum Gasteiger partial charge on any atom is -0.456 e. The van der Waals surface area contributed by atoms with Crippen LogP contribution >= 0.6 is 19.8 Å². The average molecular weight is 652 g/mol. The number of fused-ring (bicyclic) bond motifs is 2. The number of rotatable bonds is 12. The minimum atomic E-state index is -3.57. The number of hydrogen-bond acceptors (Lipinski definition) is 6. The smallest absolute Gasteiger partial charge is 0.325 e. The first-order valence-corrected chi connectivity index (χ1v) is 17.8. The van der Waals surface area contributed by atoms with Crippen molar-refractivity contribution in [3.8, 4) is 22.5 Å². The van der Waals surface area contributed by atoms with Crippen LogP contribution < -0.4 is 20.1 Å². The summed E-state index contributed by atoms with van der Waals surface area (Å²) in [5.74, 6) is 0.671. The molecule has 240 valence electrons. The number of carbonyl (C=O) groups is 1. The molecule has 11 heteroatoms. The molecule has 1 aliphatic carbocycles. The normalized spacial score (nSPS) is 12.6. The molecule has 0 radical (unpaired) electrons. The molecule has 4 rings (SSSR count). The van der Waals surface area contributed by atoms with Crippen molar-refractivity contribution in [3.63, 3.8) is 0 Å². The van der Waals surface area contributed by atoms with Gasteiger partial charge in [-0.05, 0) is 82.7 Å². The van der Waals surface area contributed by atoms with Crippen molar-refractivity contribution in [2.45, 2.75) is 34.6 Å². The summed E-state index contributed by atoms with van der Waals surface area (Å²) in [5.41, 5.74) is 5.70. The van der Waals surface area contributed by atoms with Crippen LogP contribution in [0.2, 0.25) is 0 Å². The van der Waals surface area contributed by atoms with Crippen molar-refractivity contribution in [2.75, 3.05) is 63.3 Å². The number of nitrogens with one attached hydrogen (secondary N) is 1. The zero-order valence-corrected chi connectivity index (χ0v) is 28.9. The van der Waals surface area contributed by atoms with Crippen LogP contribution in [0, 0.1) is 0 Å². The van der Waals surface area contributed by atoms with Gasteiger partial charge in [0, 0.05) is 78.9 Å². The van der Waals surface area contributed by atoms with Gasteiger partial charge in [0.1, 0.15) is 24.4 Å². The van der Waals surface area contributed by atoms with Gasteiger partial charge in [-0.1, -0.05) is 6.07 Å². The molecule has 0 saturated heterocycles. The van der Waals surface area contributed by atoms with Gasteiger partial charge in [-0.25, -0.2) is 4.58 Å². The van der Waals surface area contributed by atoms with Crippen molar-refractivity contribution in [3.05, 3.63) is 65.5 Å². The van der Waals surface area contributed by atoms with Crippen LogP contribution in [0.15, 0.2) is 59.0 Å². The van der Waals surface area contributed by atoms with Crippen LogP contribution in [0.4, 0.5) is 11.4 Å². The van der Waals surface area contributed by atoms with Crippen LogP contribution in [0.3, 0.4) is 0 Å². The maximum atomic E-state index is 13.2. The van der Waals surface area contributed by atoms with Crippen molar-refractivity contribution in [1.29, 1.82) is 0 Å². The lowest BCUT2D eigenvalue weighted by Crippen LogP contribution is -2.33. The van der Waals surface area contributed by atoms with E-state index in [1.165, 1.54) is 0 Å². The van der Waals surface area contributed by atoms with Crippen LogP contribution in [0.25, 0.3) is 33.4 Å². The molecule has 0 aromatic heterocycles. The van der Waals surface area contributed by atoms with E-state index in [0.717, 1.165) is 77.3 Å². The Bertz CT molecular complexity index is 1790. The lowest BCUT2D eigenvalue weighted by Gasteiger charge is -2.23. The first-order chi connectivity index (χ1) is 21.4. The van der Waals surface area contributed by atoms with Crippen molar-refractivity contribution >= 4 is 53.1 Å². The number of anilines is 2. The fourth-order valence-electron chi connectivity index (χ4n) is 5.53. The van der Waals surface area contributed by atoms with Gasteiger partial charge in [0.05, 0.1) is 12.7 Å². The topological polar surface area (TPSA) is 98.3 Å². The summed E-state index contributed by atoms with van der Waals surface area (Å²) in [7, 11) is -1.80. The maximum absolute atomic E-state index is 13.2. The highest BCUT2D eigenvalue weighted by molar-refractivity contribution is 7.80. The number of nitrogens with zero attached hydrogens (tertiary/aromatic N) is 3. The van der Waals surface area contributed by atoms with E-state index in [-0.39, 0.29) is 12.4 Å². The quantitative estimate of drug-likeness (QED) is 0.0583. The first-order valence-electron chi connectivity index (χ1n) is 15.4. The SMILES string of the molecule is CCN(CC)c1ccc2c(-c3ccc(NC(=S)N(C)CCOP(C)(=O)O)cc3C(C)=O)c3ccc(=[N+](CC)CC)cc-3oc2c1. The molecule has 0 bridgehead atoms. The van der Waals surface area contributed by atoms with E-state index in [4.69, 9.17) is 21.2 Å². The van der Waals surface area contributed by atoms with Crippen molar-refractivity contribution < 1.29 is 23.2 Å². The maximum Gasteiger partial charge on any atom is 0.325 e. The second-order valence-electron chi connectivity index (χ2n) is 11.0. The molecular formula is C34H44N4O5PS+. The van der Waals surface area contributed by atoms with E-state index >= 15 is 0 Å². The zero-order chi connectivity index (χ0) is 32.9. The van der Waals surface area contributed by atoms with Gasteiger partial charge >= 0.3 is 7.60 Å². The molecule has 2 aromatic carbocycles. The molecule has 0 amide bonds. The predicted octanol–water partition coefficient (Wildman–Crippen LogP) is 6.53. The molecule has 1 atom stereocenters. The van der Waals surface area contributed by atoms with Gasteiger partial charge < -0.3 is 29.0 Å². The summed E-state index contributed by atoms with van der Waals surface area (Å²) >= 11 is 5.56. The van der Waals surface area contributed by atoms with Crippen molar-refractivity contribution in [2.24, 2.45) is 0 Å². The third-order valence-corrected chi connectivity index (χ3v) is 9.05. The number of likely N-dealkylation sites (N-methyl/N-ethyl adjacent to an activating group) is 1. The second-order valence-corrected chi connectivity index (χ2v) is 13.2. The van der Waals surface area contributed by atoms with Gasteiger partial charge in [0.25, 0.3) is 0 Å². The largest absolute Gasteiger partial charge is 0.456 e. The molecule has 0 spiro atoms. The van der Waals surface area contributed by atoms with Crippen LogP contribution in [0.5, 0.6) is 0 Å². The molecule has 0 fully saturated rings. The molecule has 2 N–H and O–H groups in total. The summed E-state index contributed by atoms with van der Waals surface area (Å²) in [6.07, 6.45) is 0. The lowest BCUT2D eigenvalue weighted by atomic mass is 9.89. The third-order valence-electron chi connectivity index (χ3n) is 7.97. The highest BCUT2D eigenvalue weighted by atomic mass is 32.1. The number of ketones is 1. The van der Waals surface area contributed by atoms with Crippen LogP contribution in [-0.4, -0.2) is 73.7 Å². The number of carbonyl (C=O) groups excluding carboxylic acids is 1. The Balaban J connectivity index is 1.86. The van der Waals surface area contributed by atoms with Gasteiger partial charge in [0.2, 0.25) is 5.36 Å². The summed E-state index contributed by atoms with van der Waals surface area (Å²) in [6.45, 7) is 15.1.